The SMILES string of the molecule is CN(CC1CCCCC1)C1(CN)CN2CCC1CC2. The summed E-state index contributed by atoms with van der Waals surface area (Å²) in [6, 6.07) is 0. The van der Waals surface area contributed by atoms with Crippen molar-refractivity contribution >= 4 is 0 Å². The summed E-state index contributed by atoms with van der Waals surface area (Å²) >= 11 is 0. The van der Waals surface area contributed by atoms with Crippen molar-refractivity contribution in [3.63, 3.8) is 0 Å². The summed E-state index contributed by atoms with van der Waals surface area (Å²) in [5.41, 5.74) is 6.55. The smallest absolute Gasteiger partial charge is 0.0484 e. The molecule has 1 saturated carbocycles. The highest BCUT2D eigenvalue weighted by molar-refractivity contribution is 5.05. The van der Waals surface area contributed by atoms with Gasteiger partial charge in [0.2, 0.25) is 0 Å². The van der Waals surface area contributed by atoms with Crippen molar-refractivity contribution in [2.75, 3.05) is 39.8 Å². The molecule has 1 atom stereocenters. The van der Waals surface area contributed by atoms with Crippen LogP contribution >= 0.6 is 0 Å². The molecule has 4 fully saturated rings. The minimum atomic E-state index is 0.286. The molecule has 110 valence electrons. The molecular formula is C16H31N3. The molecule has 4 aliphatic rings. The van der Waals surface area contributed by atoms with Crippen LogP contribution in [0, 0.1) is 11.8 Å². The third kappa shape index (κ3) is 2.57. The van der Waals surface area contributed by atoms with E-state index >= 15 is 0 Å². The third-order valence-electron chi connectivity index (χ3n) is 6.22. The van der Waals surface area contributed by atoms with Gasteiger partial charge in [0.05, 0.1) is 0 Å². The first-order chi connectivity index (χ1) is 9.24. The van der Waals surface area contributed by atoms with E-state index in [0.29, 0.717) is 0 Å². The van der Waals surface area contributed by atoms with Crippen LogP contribution in [0.5, 0.6) is 0 Å². The van der Waals surface area contributed by atoms with Crippen molar-refractivity contribution in [1.82, 2.24) is 9.80 Å². The molecule has 3 heterocycles. The number of piperidine rings is 3. The highest BCUT2D eigenvalue weighted by Gasteiger charge is 2.48. The van der Waals surface area contributed by atoms with E-state index in [1.807, 2.05) is 0 Å². The number of fused-ring (bicyclic) bond motifs is 3. The van der Waals surface area contributed by atoms with Crippen molar-refractivity contribution < 1.29 is 0 Å². The maximum atomic E-state index is 6.26. The topological polar surface area (TPSA) is 32.5 Å². The summed E-state index contributed by atoms with van der Waals surface area (Å²) in [6.07, 6.45) is 9.98. The second-order valence-corrected chi connectivity index (χ2v) is 7.24. The molecule has 2 bridgehead atoms. The van der Waals surface area contributed by atoms with Gasteiger partial charge in [0.15, 0.2) is 0 Å². The van der Waals surface area contributed by atoms with Crippen molar-refractivity contribution in [3.05, 3.63) is 0 Å². The van der Waals surface area contributed by atoms with Gasteiger partial charge in [-0.25, -0.2) is 0 Å². The fourth-order valence-corrected chi connectivity index (χ4v) is 4.90. The quantitative estimate of drug-likeness (QED) is 0.843. The van der Waals surface area contributed by atoms with Gasteiger partial charge in [-0.2, -0.15) is 0 Å². The van der Waals surface area contributed by atoms with Crippen molar-refractivity contribution in [2.45, 2.75) is 50.5 Å². The van der Waals surface area contributed by atoms with Gasteiger partial charge in [-0.15, -0.1) is 0 Å². The molecule has 0 spiro atoms. The number of rotatable bonds is 4. The molecule has 19 heavy (non-hydrogen) atoms. The summed E-state index contributed by atoms with van der Waals surface area (Å²) in [5, 5.41) is 0. The second-order valence-electron chi connectivity index (χ2n) is 7.24. The van der Waals surface area contributed by atoms with Crippen LogP contribution < -0.4 is 5.73 Å². The Morgan fingerprint density at radius 3 is 2.32 bits per heavy atom. The Labute approximate surface area is 118 Å². The van der Waals surface area contributed by atoms with E-state index in [1.165, 1.54) is 71.1 Å². The van der Waals surface area contributed by atoms with Gasteiger partial charge < -0.3 is 10.6 Å². The molecule has 0 aromatic heterocycles. The van der Waals surface area contributed by atoms with Crippen molar-refractivity contribution in [3.8, 4) is 0 Å². The molecular weight excluding hydrogens is 234 g/mol. The third-order valence-corrected chi connectivity index (χ3v) is 6.22. The van der Waals surface area contributed by atoms with Crippen LogP contribution in [0.15, 0.2) is 0 Å². The predicted molar refractivity (Wildman–Crippen MR) is 80.2 cm³/mol. The van der Waals surface area contributed by atoms with Crippen LogP contribution in [0.2, 0.25) is 0 Å². The number of hydrogen-bond donors (Lipinski definition) is 1. The fraction of sp³-hybridized carbons (Fsp3) is 1.00. The Morgan fingerprint density at radius 1 is 1.11 bits per heavy atom. The molecule has 0 amide bonds. The van der Waals surface area contributed by atoms with Crippen LogP contribution in [-0.4, -0.2) is 55.1 Å². The summed E-state index contributed by atoms with van der Waals surface area (Å²) < 4.78 is 0. The largest absolute Gasteiger partial charge is 0.329 e. The molecule has 0 aromatic carbocycles. The Bertz CT molecular complexity index is 292. The van der Waals surface area contributed by atoms with Crippen LogP contribution in [0.3, 0.4) is 0 Å². The van der Waals surface area contributed by atoms with Crippen molar-refractivity contribution in [1.29, 1.82) is 0 Å². The average molecular weight is 265 g/mol. The Morgan fingerprint density at radius 2 is 1.79 bits per heavy atom. The lowest BCUT2D eigenvalue weighted by atomic mass is 9.71. The molecule has 1 aliphatic carbocycles. The minimum Gasteiger partial charge on any atom is -0.329 e. The van der Waals surface area contributed by atoms with E-state index in [9.17, 15) is 0 Å². The monoisotopic (exact) mass is 265 g/mol. The summed E-state index contributed by atoms with van der Waals surface area (Å²) in [6.45, 7) is 5.96. The number of hydrogen-bond acceptors (Lipinski definition) is 3. The average Bonchev–Trinajstić information content (AvgIpc) is 2.49. The molecule has 4 rings (SSSR count). The zero-order valence-corrected chi connectivity index (χ0v) is 12.6. The van der Waals surface area contributed by atoms with E-state index in [1.54, 1.807) is 0 Å². The van der Waals surface area contributed by atoms with Gasteiger partial charge in [0, 0.05) is 25.2 Å². The maximum Gasteiger partial charge on any atom is 0.0484 e. The van der Waals surface area contributed by atoms with E-state index in [4.69, 9.17) is 5.73 Å². The van der Waals surface area contributed by atoms with E-state index in [0.717, 1.165) is 18.4 Å². The molecule has 0 aromatic rings. The first kappa shape index (κ1) is 13.8. The zero-order valence-electron chi connectivity index (χ0n) is 12.6. The number of likely N-dealkylation sites (N-methyl/N-ethyl adjacent to an activating group) is 1. The molecule has 2 N–H and O–H groups in total. The van der Waals surface area contributed by atoms with Gasteiger partial charge in [-0.1, -0.05) is 19.3 Å². The standard InChI is InChI=1S/C16H31N3/c1-18(11-14-5-3-2-4-6-14)16(12-17)13-19-9-7-15(16)8-10-19/h14-15H,2-13,17H2,1H3. The van der Waals surface area contributed by atoms with E-state index in [2.05, 4.69) is 16.8 Å². The summed E-state index contributed by atoms with van der Waals surface area (Å²) in [4.78, 5) is 5.31. The van der Waals surface area contributed by atoms with Crippen LogP contribution in [-0.2, 0) is 0 Å². The lowest BCUT2D eigenvalue weighted by Gasteiger charge is -2.57. The van der Waals surface area contributed by atoms with Gasteiger partial charge in [-0.05, 0) is 57.7 Å². The predicted octanol–water partition coefficient (Wildman–Crippen LogP) is 1.92. The van der Waals surface area contributed by atoms with E-state index in [-0.39, 0.29) is 5.54 Å². The van der Waals surface area contributed by atoms with Gasteiger partial charge in [0.25, 0.3) is 0 Å². The molecule has 3 heteroatoms. The van der Waals surface area contributed by atoms with Gasteiger partial charge >= 0.3 is 0 Å². The lowest BCUT2D eigenvalue weighted by molar-refractivity contribution is -0.0625. The number of nitrogens with two attached hydrogens (primary N) is 1. The first-order valence-corrected chi connectivity index (χ1v) is 8.38. The Hall–Kier alpha value is -0.120. The maximum absolute atomic E-state index is 6.26. The lowest BCUT2D eigenvalue weighted by Crippen LogP contribution is -2.69. The first-order valence-electron chi connectivity index (χ1n) is 8.38. The normalized spacial score (nSPS) is 39.9. The minimum absolute atomic E-state index is 0.286. The Balaban J connectivity index is 1.67. The van der Waals surface area contributed by atoms with Crippen LogP contribution in [0.4, 0.5) is 0 Å². The molecule has 3 aliphatic heterocycles. The van der Waals surface area contributed by atoms with Crippen molar-refractivity contribution in [2.24, 2.45) is 17.6 Å². The highest BCUT2D eigenvalue weighted by atomic mass is 15.3. The summed E-state index contributed by atoms with van der Waals surface area (Å²) in [5.74, 6) is 1.77. The fourth-order valence-electron chi connectivity index (χ4n) is 4.90. The molecule has 3 nitrogen and oxygen atoms in total. The molecule has 1 unspecified atom stereocenters. The number of nitrogens with zero attached hydrogens (tertiary/aromatic N) is 2. The van der Waals surface area contributed by atoms with Gasteiger partial charge in [-0.3, -0.25) is 4.90 Å². The molecule has 3 saturated heterocycles. The highest BCUT2D eigenvalue weighted by Crippen LogP contribution is 2.39. The van der Waals surface area contributed by atoms with Gasteiger partial charge in [0.1, 0.15) is 0 Å². The molecule has 0 radical (unpaired) electrons. The van der Waals surface area contributed by atoms with Crippen LogP contribution in [0.25, 0.3) is 0 Å². The second kappa shape index (κ2) is 5.71. The Kier molecular flexibility index (Phi) is 4.16. The van der Waals surface area contributed by atoms with Crippen LogP contribution in [0.1, 0.15) is 44.9 Å². The summed E-state index contributed by atoms with van der Waals surface area (Å²) in [7, 11) is 2.35. The zero-order chi connectivity index (χ0) is 13.3. The van der Waals surface area contributed by atoms with E-state index < -0.39 is 0 Å².